The smallest absolute Gasteiger partial charge is 0.575 e. The normalized spacial score (nSPS) is 14.8. The minimum Gasteiger partial charge on any atom is -0.575 e. The van der Waals surface area contributed by atoms with E-state index in [0.29, 0.717) is 56.9 Å². The molecule has 67 heavy (non-hydrogen) atoms. The molecule has 345 valence electrons. The first-order chi connectivity index (χ1) is 31.5. The van der Waals surface area contributed by atoms with E-state index >= 15 is 0 Å². The Morgan fingerprint density at radius 1 is 0.478 bits per heavy atom. The maximum atomic E-state index is 12.7. The van der Waals surface area contributed by atoms with Gasteiger partial charge in [-0.25, -0.2) is 46.2 Å². The summed E-state index contributed by atoms with van der Waals surface area (Å²) in [4.78, 5) is 41.7. The molecule has 2 aliphatic heterocycles. The van der Waals surface area contributed by atoms with Crippen LogP contribution in [0.3, 0.4) is 0 Å². The summed E-state index contributed by atoms with van der Waals surface area (Å²) in [6.07, 6.45) is 0. The number of nitrogens with one attached hydrogen (secondary N) is 2. The third kappa shape index (κ3) is 12.0. The van der Waals surface area contributed by atoms with Gasteiger partial charge in [0.15, 0.2) is 0 Å². The van der Waals surface area contributed by atoms with Crippen LogP contribution in [0.5, 0.6) is 0 Å². The number of sulfonamides is 2. The zero-order chi connectivity index (χ0) is 47.2. The Morgan fingerprint density at radius 2 is 0.791 bits per heavy atom. The van der Waals surface area contributed by atoms with Gasteiger partial charge >= 0.3 is 17.1 Å². The zero-order valence-corrected chi connectivity index (χ0v) is 39.1. The molecule has 0 saturated carbocycles. The van der Waals surface area contributed by atoms with E-state index in [9.17, 15) is 26.4 Å². The number of hydrogen-bond acceptors (Lipinski definition) is 14. The van der Waals surface area contributed by atoms with Gasteiger partial charge in [0.25, 0.3) is 31.9 Å². The van der Waals surface area contributed by atoms with Gasteiger partial charge in [-0.1, -0.05) is 60.7 Å². The molecule has 4 aromatic carbocycles. The van der Waals surface area contributed by atoms with Crippen LogP contribution in [0.1, 0.15) is 36.6 Å². The van der Waals surface area contributed by atoms with Crippen LogP contribution in [0, 0.1) is 27.7 Å². The minimum atomic E-state index is -3.88. The number of hydrogen-bond donors (Lipinski definition) is 2. The van der Waals surface area contributed by atoms with Gasteiger partial charge in [0.2, 0.25) is 11.9 Å². The number of carbonyl (C=O) groups is 2. The molecule has 0 aliphatic carbocycles. The van der Waals surface area contributed by atoms with Crippen molar-refractivity contribution in [1.29, 1.82) is 0 Å². The number of aromatic nitrogens is 4. The molecule has 2 N–H and O–H groups in total. The van der Waals surface area contributed by atoms with E-state index in [2.05, 4.69) is 60.6 Å². The molecular formula is C44H40CuN14O6S2. The standard InChI is InChI=1S/2C22H21N7O3S.Cu/c2*1-14-13-15(2)24-22(23-14)28-33(31,32)19-11-9-17(10-12-19)25-26-20-16(3)27-29(21(20)30)18-7-5-4-6-8-18;/h2*4-13H,1-3H3,(H2,23,24,25,27,28,30);/q;;+2/p-2. The Balaban J connectivity index is 0.000000218. The molecule has 8 rings (SSSR count). The molecule has 4 heterocycles. The molecule has 23 heteroatoms. The molecule has 1 radical (unpaired) electrons. The molecule has 2 aromatic heterocycles. The van der Waals surface area contributed by atoms with Gasteiger partial charge in [-0.15, -0.1) is 11.4 Å². The van der Waals surface area contributed by atoms with Crippen molar-refractivity contribution in [3.63, 3.8) is 0 Å². The monoisotopic (exact) mass is 987 g/mol. The van der Waals surface area contributed by atoms with Gasteiger partial charge in [-0.2, -0.15) is 20.2 Å². The predicted molar refractivity (Wildman–Crippen MR) is 252 cm³/mol. The summed E-state index contributed by atoms with van der Waals surface area (Å²) in [6, 6.07) is 33.0. The van der Waals surface area contributed by atoms with Crippen LogP contribution < -0.4 is 19.5 Å². The number of amides is 2. The summed E-state index contributed by atoms with van der Waals surface area (Å²) in [5.41, 5.74) is 13.9. The second-order valence-corrected chi connectivity index (χ2v) is 17.9. The fourth-order valence-corrected chi connectivity index (χ4v) is 8.10. The van der Waals surface area contributed by atoms with Crippen LogP contribution in [0.4, 0.5) is 34.6 Å². The van der Waals surface area contributed by atoms with E-state index in [4.69, 9.17) is 0 Å². The number of rotatable bonds is 12. The molecule has 2 aliphatic rings. The third-order valence-electron chi connectivity index (χ3n) is 9.22. The molecular weight excluding hydrogens is 948 g/mol. The van der Waals surface area contributed by atoms with Gasteiger partial charge in [0.1, 0.15) is 11.4 Å². The zero-order valence-electron chi connectivity index (χ0n) is 36.5. The molecule has 0 spiro atoms. The molecule has 6 aromatic rings. The average molecular weight is 989 g/mol. The number of nitrogens with zero attached hydrogens (tertiary/aromatic N) is 12. The maximum absolute atomic E-state index is 12.7. The van der Waals surface area contributed by atoms with Crippen molar-refractivity contribution in [2.24, 2.45) is 20.4 Å². The molecule has 0 bridgehead atoms. The quantitative estimate of drug-likeness (QED) is 0.0909. The minimum absolute atomic E-state index is 0. The number of aryl methyl sites for hydroxylation is 4. The first-order valence-corrected chi connectivity index (χ1v) is 22.8. The molecule has 2 amide bonds. The summed E-state index contributed by atoms with van der Waals surface area (Å²) >= 11 is 0. The first kappa shape index (κ1) is 48.7. The van der Waals surface area contributed by atoms with E-state index in [-0.39, 0.29) is 62.0 Å². The van der Waals surface area contributed by atoms with Crippen LogP contribution in [-0.4, -0.2) is 71.4 Å². The largest absolute Gasteiger partial charge is 2.00 e. The Hall–Kier alpha value is -7.72. The van der Waals surface area contributed by atoms with Crippen molar-refractivity contribution in [2.75, 3.05) is 19.5 Å². The van der Waals surface area contributed by atoms with E-state index in [0.717, 1.165) is 0 Å². The summed E-state index contributed by atoms with van der Waals surface area (Å²) in [5.74, 6) is -0.770. The van der Waals surface area contributed by atoms with Crippen LogP contribution in [0.25, 0.3) is 10.9 Å². The predicted octanol–water partition coefficient (Wildman–Crippen LogP) is 7.35. The van der Waals surface area contributed by atoms with Gasteiger partial charge in [0, 0.05) is 22.8 Å². The Kier molecular flexibility index (Phi) is 15.0. The van der Waals surface area contributed by atoms with Crippen molar-refractivity contribution in [2.45, 2.75) is 51.3 Å². The average Bonchev–Trinajstić information content (AvgIpc) is 3.73. The second kappa shape index (κ2) is 20.6. The number of benzene rings is 4. The molecule has 0 unspecified atom stereocenters. The number of anilines is 4. The van der Waals surface area contributed by atoms with Gasteiger partial charge in [-0.05, 0) is 102 Å². The van der Waals surface area contributed by atoms with Crippen LogP contribution in [-0.2, 0) is 46.7 Å². The van der Waals surface area contributed by atoms with Crippen molar-refractivity contribution in [3.05, 3.63) is 155 Å². The van der Waals surface area contributed by atoms with Gasteiger partial charge < -0.3 is 21.1 Å². The van der Waals surface area contributed by atoms with Crippen LogP contribution in [0.2, 0.25) is 0 Å². The second-order valence-electron chi connectivity index (χ2n) is 14.5. The maximum Gasteiger partial charge on any atom is 2.00 e. The molecule has 0 fully saturated rings. The van der Waals surface area contributed by atoms with Crippen molar-refractivity contribution < 1.29 is 43.5 Å². The first-order valence-electron chi connectivity index (χ1n) is 19.8. The molecule has 20 nitrogen and oxygen atoms in total. The van der Waals surface area contributed by atoms with E-state index in [1.54, 1.807) is 77.9 Å². The van der Waals surface area contributed by atoms with Crippen LogP contribution >= 0.6 is 0 Å². The fourth-order valence-electron chi connectivity index (χ4n) is 6.22. The molecule has 0 atom stereocenters. The van der Waals surface area contributed by atoms with Gasteiger partial charge in [-0.3, -0.25) is 9.59 Å². The van der Waals surface area contributed by atoms with E-state index in [1.807, 2.05) is 36.4 Å². The topological polar surface area (TPSA) is 262 Å². The van der Waals surface area contributed by atoms with Gasteiger partial charge in [0.05, 0.1) is 32.6 Å². The van der Waals surface area contributed by atoms with E-state index < -0.39 is 20.0 Å². The van der Waals surface area contributed by atoms with Crippen molar-refractivity contribution in [3.8, 4) is 0 Å². The summed E-state index contributed by atoms with van der Waals surface area (Å²) in [6.45, 7) is 10.4. The van der Waals surface area contributed by atoms with E-state index in [1.165, 1.54) is 58.5 Å². The Labute approximate surface area is 397 Å². The van der Waals surface area contributed by atoms with Crippen LogP contribution in [0.15, 0.2) is 152 Å². The SMILES string of the molecule is CC1=NN(c2ccccc2)C(=O)/C1=N/[N-]c1ccc(S(=O)(=O)Nc2nc(C)cc(C)n2)cc1.CC1=NN(c2ccccc2)C(=O)/C1=N\[N-]c1ccc(S(=O)(=O)Nc2nc(C)cc(C)n2)cc1.[Cu+2]. The molecule has 0 saturated heterocycles. The third-order valence-corrected chi connectivity index (χ3v) is 11.9. The number of para-hydroxylation sites is 2. The van der Waals surface area contributed by atoms with Crippen molar-refractivity contribution in [1.82, 2.24) is 19.9 Å². The summed E-state index contributed by atoms with van der Waals surface area (Å²) in [5, 5.41) is 19.1. The summed E-state index contributed by atoms with van der Waals surface area (Å²) < 4.78 is 55.3. The Morgan fingerprint density at radius 3 is 1.10 bits per heavy atom. The Bertz CT molecular complexity index is 2920. The number of hydrazone groups is 2. The van der Waals surface area contributed by atoms with Crippen molar-refractivity contribution >= 4 is 89.4 Å². The summed E-state index contributed by atoms with van der Waals surface area (Å²) in [7, 11) is -7.76. The number of carbonyl (C=O) groups excluding carboxylic acids is 2. The fraction of sp³-hybridized carbons (Fsp3) is 0.136.